The van der Waals surface area contributed by atoms with E-state index in [1.54, 1.807) is 12.4 Å². The van der Waals surface area contributed by atoms with Gasteiger partial charge in [0, 0.05) is 38.6 Å². The number of nitrogens with one attached hydrogen (secondary N) is 1. The quantitative estimate of drug-likeness (QED) is 0.660. The molecule has 3 aromatic rings. The maximum absolute atomic E-state index is 12.8. The van der Waals surface area contributed by atoms with E-state index in [-0.39, 0.29) is 11.9 Å². The molecule has 4 rings (SSSR count). The van der Waals surface area contributed by atoms with Crippen LogP contribution in [0.15, 0.2) is 79.1 Å². The van der Waals surface area contributed by atoms with Crippen LogP contribution in [0.3, 0.4) is 0 Å². The summed E-state index contributed by atoms with van der Waals surface area (Å²) in [6.45, 7) is 3.69. The number of aromatic nitrogens is 2. The molecule has 2 heterocycles. The van der Waals surface area contributed by atoms with E-state index in [1.807, 2.05) is 42.5 Å². The number of anilines is 1. The summed E-state index contributed by atoms with van der Waals surface area (Å²) in [6, 6.07) is 22.3. The molecule has 2 aromatic carbocycles. The van der Waals surface area contributed by atoms with Gasteiger partial charge < -0.3 is 10.2 Å². The summed E-state index contributed by atoms with van der Waals surface area (Å²) in [5, 5.41) is 3.25. The van der Waals surface area contributed by atoms with Crippen LogP contribution in [0.5, 0.6) is 0 Å². The molecule has 1 saturated heterocycles. The largest absolute Gasteiger partial charge is 0.348 e. The van der Waals surface area contributed by atoms with Crippen LogP contribution in [-0.4, -0.2) is 53.5 Å². The van der Waals surface area contributed by atoms with Gasteiger partial charge in [0.1, 0.15) is 0 Å². The summed E-state index contributed by atoms with van der Waals surface area (Å²) in [7, 11) is 0. The topological polar surface area (TPSA) is 61.4 Å². The third-order valence-corrected chi connectivity index (χ3v) is 5.39. The van der Waals surface area contributed by atoms with Crippen LogP contribution in [0, 0.1) is 0 Å². The molecule has 6 nitrogen and oxygen atoms in total. The summed E-state index contributed by atoms with van der Waals surface area (Å²) in [6.07, 6.45) is 4.30. The van der Waals surface area contributed by atoms with Crippen molar-refractivity contribution in [3.63, 3.8) is 0 Å². The molecule has 1 N–H and O–H groups in total. The SMILES string of the molecule is O=C(CN1CCN(c2ncccn2)CC1)NC(Cc1ccccc1)c1ccccc1. The number of nitrogens with zero attached hydrogens (tertiary/aromatic N) is 4. The normalized spacial score (nSPS) is 15.5. The van der Waals surface area contributed by atoms with Crippen molar-refractivity contribution in [1.82, 2.24) is 20.2 Å². The number of benzene rings is 2. The molecule has 1 unspecified atom stereocenters. The Hall–Kier alpha value is -3.25. The fraction of sp³-hybridized carbons (Fsp3) is 0.292. The Bertz CT molecular complexity index is 912. The third kappa shape index (κ3) is 5.42. The van der Waals surface area contributed by atoms with E-state index < -0.39 is 0 Å². The minimum absolute atomic E-state index is 0.0416. The second-order valence-electron chi connectivity index (χ2n) is 7.53. The van der Waals surface area contributed by atoms with Gasteiger partial charge in [-0.1, -0.05) is 60.7 Å². The smallest absolute Gasteiger partial charge is 0.234 e. The van der Waals surface area contributed by atoms with E-state index in [1.165, 1.54) is 5.56 Å². The number of rotatable bonds is 7. The zero-order valence-corrected chi connectivity index (χ0v) is 17.0. The van der Waals surface area contributed by atoms with Crippen LogP contribution < -0.4 is 10.2 Å². The zero-order valence-electron chi connectivity index (χ0n) is 17.0. The molecule has 1 atom stereocenters. The van der Waals surface area contributed by atoms with Gasteiger partial charge in [0.2, 0.25) is 11.9 Å². The van der Waals surface area contributed by atoms with Crippen molar-refractivity contribution in [1.29, 1.82) is 0 Å². The van der Waals surface area contributed by atoms with Crippen molar-refractivity contribution in [3.8, 4) is 0 Å². The first-order valence-electron chi connectivity index (χ1n) is 10.4. The highest BCUT2D eigenvalue weighted by atomic mass is 16.2. The summed E-state index contributed by atoms with van der Waals surface area (Å²) >= 11 is 0. The molecule has 1 amide bonds. The summed E-state index contributed by atoms with van der Waals surface area (Å²) in [5.41, 5.74) is 2.34. The predicted octanol–water partition coefficient (Wildman–Crippen LogP) is 2.70. The molecule has 6 heteroatoms. The molecule has 0 saturated carbocycles. The van der Waals surface area contributed by atoms with E-state index >= 15 is 0 Å². The van der Waals surface area contributed by atoms with Crippen molar-refractivity contribution in [2.24, 2.45) is 0 Å². The summed E-state index contributed by atoms with van der Waals surface area (Å²) in [4.78, 5) is 25.8. The van der Waals surface area contributed by atoms with Crippen molar-refractivity contribution in [3.05, 3.63) is 90.3 Å². The monoisotopic (exact) mass is 401 g/mol. The van der Waals surface area contributed by atoms with Gasteiger partial charge in [0.05, 0.1) is 12.6 Å². The lowest BCUT2D eigenvalue weighted by molar-refractivity contribution is -0.123. The Balaban J connectivity index is 1.34. The molecule has 0 aliphatic carbocycles. The first-order valence-corrected chi connectivity index (χ1v) is 10.4. The van der Waals surface area contributed by atoms with Crippen LogP contribution in [0.4, 0.5) is 5.95 Å². The van der Waals surface area contributed by atoms with Crippen LogP contribution in [0.1, 0.15) is 17.2 Å². The van der Waals surface area contributed by atoms with Gasteiger partial charge in [-0.05, 0) is 23.6 Å². The third-order valence-electron chi connectivity index (χ3n) is 5.39. The van der Waals surface area contributed by atoms with E-state index in [2.05, 4.69) is 49.4 Å². The average molecular weight is 402 g/mol. The van der Waals surface area contributed by atoms with E-state index in [4.69, 9.17) is 0 Å². The number of hydrogen-bond acceptors (Lipinski definition) is 5. The molecule has 0 radical (unpaired) electrons. The molecular formula is C24H27N5O. The zero-order chi connectivity index (χ0) is 20.6. The first-order chi connectivity index (χ1) is 14.8. The Morgan fingerprint density at radius 2 is 1.50 bits per heavy atom. The number of piperazine rings is 1. The Labute approximate surface area is 177 Å². The number of amides is 1. The highest BCUT2D eigenvalue weighted by molar-refractivity contribution is 5.78. The standard InChI is InChI=1S/C24H27N5O/c30-23(19-28-14-16-29(17-15-28)24-25-12-7-13-26-24)27-22(21-10-5-2-6-11-21)18-20-8-3-1-4-9-20/h1-13,22H,14-19H2,(H,27,30). The second kappa shape index (κ2) is 9.98. The fourth-order valence-corrected chi connectivity index (χ4v) is 3.79. The molecule has 1 fully saturated rings. The van der Waals surface area contributed by atoms with Crippen LogP contribution in [0.2, 0.25) is 0 Å². The number of hydrogen-bond donors (Lipinski definition) is 1. The number of carbonyl (C=O) groups excluding carboxylic acids is 1. The molecule has 0 bridgehead atoms. The predicted molar refractivity (Wildman–Crippen MR) is 118 cm³/mol. The van der Waals surface area contributed by atoms with Gasteiger partial charge in [0.15, 0.2) is 0 Å². The average Bonchev–Trinajstić information content (AvgIpc) is 2.81. The molecule has 30 heavy (non-hydrogen) atoms. The number of carbonyl (C=O) groups is 1. The first kappa shape index (κ1) is 20.0. The van der Waals surface area contributed by atoms with E-state index in [0.717, 1.165) is 44.1 Å². The minimum atomic E-state index is -0.0416. The van der Waals surface area contributed by atoms with Crippen molar-refractivity contribution >= 4 is 11.9 Å². The summed E-state index contributed by atoms with van der Waals surface area (Å²) < 4.78 is 0. The van der Waals surface area contributed by atoms with E-state index in [9.17, 15) is 4.79 Å². The second-order valence-corrected chi connectivity index (χ2v) is 7.53. The van der Waals surface area contributed by atoms with Crippen LogP contribution >= 0.6 is 0 Å². The Morgan fingerprint density at radius 1 is 0.867 bits per heavy atom. The molecule has 154 valence electrons. The molecule has 1 aliphatic rings. The molecule has 1 aromatic heterocycles. The highest BCUT2D eigenvalue weighted by Crippen LogP contribution is 2.18. The minimum Gasteiger partial charge on any atom is -0.348 e. The maximum atomic E-state index is 12.8. The highest BCUT2D eigenvalue weighted by Gasteiger charge is 2.22. The van der Waals surface area contributed by atoms with Crippen LogP contribution in [0.25, 0.3) is 0 Å². The lowest BCUT2D eigenvalue weighted by atomic mass is 9.99. The van der Waals surface area contributed by atoms with Gasteiger partial charge in [0.25, 0.3) is 0 Å². The Kier molecular flexibility index (Phi) is 6.67. The Morgan fingerprint density at radius 3 is 2.17 bits per heavy atom. The molecule has 0 spiro atoms. The van der Waals surface area contributed by atoms with Crippen molar-refractivity contribution < 1.29 is 4.79 Å². The van der Waals surface area contributed by atoms with Crippen molar-refractivity contribution in [2.75, 3.05) is 37.6 Å². The van der Waals surface area contributed by atoms with Gasteiger partial charge in [-0.25, -0.2) is 9.97 Å². The van der Waals surface area contributed by atoms with Gasteiger partial charge in [-0.3, -0.25) is 9.69 Å². The van der Waals surface area contributed by atoms with Gasteiger partial charge >= 0.3 is 0 Å². The van der Waals surface area contributed by atoms with Crippen LogP contribution in [-0.2, 0) is 11.2 Å². The lowest BCUT2D eigenvalue weighted by Crippen LogP contribution is -2.50. The summed E-state index contributed by atoms with van der Waals surface area (Å²) in [5.74, 6) is 0.817. The molecule has 1 aliphatic heterocycles. The van der Waals surface area contributed by atoms with Gasteiger partial charge in [-0.15, -0.1) is 0 Å². The van der Waals surface area contributed by atoms with E-state index in [0.29, 0.717) is 6.54 Å². The fourth-order valence-electron chi connectivity index (χ4n) is 3.79. The maximum Gasteiger partial charge on any atom is 0.234 e. The van der Waals surface area contributed by atoms with Crippen molar-refractivity contribution in [2.45, 2.75) is 12.5 Å². The molecular weight excluding hydrogens is 374 g/mol. The van der Waals surface area contributed by atoms with Gasteiger partial charge in [-0.2, -0.15) is 0 Å². The lowest BCUT2D eigenvalue weighted by Gasteiger charge is -2.34.